The quantitative estimate of drug-likeness (QED) is 0.546. The third kappa shape index (κ3) is 3.72. The summed E-state index contributed by atoms with van der Waals surface area (Å²) < 4.78 is 18.0. The predicted molar refractivity (Wildman–Crippen MR) is 112 cm³/mol. The van der Waals surface area contributed by atoms with Crippen LogP contribution in [0.3, 0.4) is 0 Å². The lowest BCUT2D eigenvalue weighted by atomic mass is 9.82. The fourth-order valence-corrected chi connectivity index (χ4v) is 4.02. The number of ether oxygens (including phenoxy) is 2. The maximum absolute atomic E-state index is 12.6. The van der Waals surface area contributed by atoms with Gasteiger partial charge < -0.3 is 19.0 Å². The van der Waals surface area contributed by atoms with E-state index in [9.17, 15) is 9.59 Å². The van der Waals surface area contributed by atoms with Crippen LogP contribution in [0.1, 0.15) is 12.8 Å². The standard InChI is InChI=1S/C21H16BrClO6/c1-27-19-9-18(28-11-5-10(6-11)21(25)26)13(7-14(19)22)17-8-16(24)12-3-2-4-15(23)20(12)29-17/h2-4,7-11H,5-6H2,1H3,(H,25,26). The maximum Gasteiger partial charge on any atom is 0.306 e. The number of para-hydroxylation sites is 1. The van der Waals surface area contributed by atoms with E-state index in [0.29, 0.717) is 56.1 Å². The minimum Gasteiger partial charge on any atom is -0.495 e. The zero-order valence-corrected chi connectivity index (χ0v) is 17.6. The average molecular weight is 480 g/mol. The van der Waals surface area contributed by atoms with Gasteiger partial charge in [-0.25, -0.2) is 0 Å². The summed E-state index contributed by atoms with van der Waals surface area (Å²) in [6.45, 7) is 0. The Bertz CT molecular complexity index is 1170. The van der Waals surface area contributed by atoms with Crippen LogP contribution < -0.4 is 14.9 Å². The van der Waals surface area contributed by atoms with Crippen molar-refractivity contribution in [2.75, 3.05) is 7.11 Å². The van der Waals surface area contributed by atoms with E-state index in [0.717, 1.165) is 0 Å². The topological polar surface area (TPSA) is 86.0 Å². The molecule has 150 valence electrons. The maximum atomic E-state index is 12.6. The molecule has 0 aliphatic heterocycles. The molecule has 2 aromatic carbocycles. The Hall–Kier alpha value is -2.51. The molecule has 1 N–H and O–H groups in total. The van der Waals surface area contributed by atoms with Gasteiger partial charge in [0.15, 0.2) is 11.0 Å². The summed E-state index contributed by atoms with van der Waals surface area (Å²) >= 11 is 9.66. The first-order valence-corrected chi connectivity index (χ1v) is 10.0. The van der Waals surface area contributed by atoms with Crippen molar-refractivity contribution in [1.29, 1.82) is 0 Å². The van der Waals surface area contributed by atoms with E-state index in [1.165, 1.54) is 13.2 Å². The molecule has 0 amide bonds. The molecule has 8 heteroatoms. The highest BCUT2D eigenvalue weighted by Gasteiger charge is 2.36. The largest absolute Gasteiger partial charge is 0.495 e. The summed E-state index contributed by atoms with van der Waals surface area (Å²) in [5, 5.41) is 9.80. The minimum atomic E-state index is -0.825. The molecule has 0 bridgehead atoms. The van der Waals surface area contributed by atoms with E-state index in [2.05, 4.69) is 15.9 Å². The lowest BCUT2D eigenvalue weighted by Gasteiger charge is -2.33. The molecule has 0 unspecified atom stereocenters. The molecule has 29 heavy (non-hydrogen) atoms. The van der Waals surface area contributed by atoms with Crippen molar-refractivity contribution in [1.82, 2.24) is 0 Å². The number of carbonyl (C=O) groups is 1. The van der Waals surface area contributed by atoms with Crippen LogP contribution in [0.15, 0.2) is 50.1 Å². The molecule has 1 aromatic heterocycles. The summed E-state index contributed by atoms with van der Waals surface area (Å²) in [6, 6.07) is 9.81. The molecule has 1 aliphatic carbocycles. The Balaban J connectivity index is 1.80. The van der Waals surface area contributed by atoms with E-state index in [1.54, 1.807) is 30.3 Å². The van der Waals surface area contributed by atoms with Crippen molar-refractivity contribution in [3.05, 3.63) is 56.1 Å². The number of hydrogen-bond donors (Lipinski definition) is 1. The second kappa shape index (κ2) is 7.72. The van der Waals surface area contributed by atoms with Gasteiger partial charge in [-0.1, -0.05) is 17.7 Å². The van der Waals surface area contributed by atoms with Gasteiger partial charge >= 0.3 is 5.97 Å². The normalized spacial score (nSPS) is 18.3. The second-order valence-corrected chi connectivity index (χ2v) is 8.08. The highest BCUT2D eigenvalue weighted by molar-refractivity contribution is 9.10. The molecular weight excluding hydrogens is 464 g/mol. The molecule has 1 heterocycles. The van der Waals surface area contributed by atoms with E-state index >= 15 is 0 Å². The zero-order chi connectivity index (χ0) is 20.7. The fourth-order valence-electron chi connectivity index (χ4n) is 3.30. The molecule has 6 nitrogen and oxygen atoms in total. The van der Waals surface area contributed by atoms with Gasteiger partial charge in [0.2, 0.25) is 0 Å². The summed E-state index contributed by atoms with van der Waals surface area (Å²) in [7, 11) is 1.53. The third-order valence-corrected chi connectivity index (χ3v) is 5.88. The number of carboxylic acids is 1. The fraction of sp³-hybridized carbons (Fsp3) is 0.238. The van der Waals surface area contributed by atoms with Crippen molar-refractivity contribution in [3.63, 3.8) is 0 Å². The molecular formula is C21H16BrClO6. The summed E-state index contributed by atoms with van der Waals surface area (Å²) in [6.07, 6.45) is 0.595. The number of rotatable bonds is 5. The second-order valence-electron chi connectivity index (χ2n) is 6.82. The molecule has 1 saturated carbocycles. The molecule has 0 saturated heterocycles. The average Bonchev–Trinajstić information content (AvgIpc) is 2.65. The number of hydrogen-bond acceptors (Lipinski definition) is 5. The van der Waals surface area contributed by atoms with E-state index < -0.39 is 11.9 Å². The van der Waals surface area contributed by atoms with Crippen LogP contribution in [0, 0.1) is 5.92 Å². The lowest BCUT2D eigenvalue weighted by Crippen LogP contribution is -2.38. The smallest absolute Gasteiger partial charge is 0.306 e. The number of methoxy groups -OCH3 is 1. The molecule has 0 atom stereocenters. The van der Waals surface area contributed by atoms with Gasteiger partial charge in [-0.05, 0) is 47.0 Å². The van der Waals surface area contributed by atoms with Crippen molar-refractivity contribution in [2.45, 2.75) is 18.9 Å². The van der Waals surface area contributed by atoms with Gasteiger partial charge in [-0.15, -0.1) is 0 Å². The molecule has 0 spiro atoms. The summed E-state index contributed by atoms with van der Waals surface area (Å²) in [4.78, 5) is 23.7. The van der Waals surface area contributed by atoms with Gasteiger partial charge in [-0.2, -0.15) is 0 Å². The molecule has 0 radical (unpaired) electrons. The van der Waals surface area contributed by atoms with Crippen LogP contribution >= 0.6 is 27.5 Å². The first kappa shape index (κ1) is 19.8. The van der Waals surface area contributed by atoms with Gasteiger partial charge in [-0.3, -0.25) is 9.59 Å². The summed E-state index contributed by atoms with van der Waals surface area (Å²) in [5.41, 5.74) is 0.607. The van der Waals surface area contributed by atoms with E-state index in [1.807, 2.05) is 0 Å². The minimum absolute atomic E-state index is 0.226. The van der Waals surface area contributed by atoms with E-state index in [4.69, 9.17) is 30.6 Å². The first-order chi connectivity index (χ1) is 13.9. The Morgan fingerprint density at radius 3 is 2.69 bits per heavy atom. The first-order valence-electron chi connectivity index (χ1n) is 8.87. The van der Waals surface area contributed by atoms with Gasteiger partial charge in [0.05, 0.1) is 33.5 Å². The highest BCUT2D eigenvalue weighted by Crippen LogP contribution is 2.42. The Labute approximate surface area is 179 Å². The van der Waals surface area contributed by atoms with Crippen LogP contribution in [0.5, 0.6) is 11.5 Å². The van der Waals surface area contributed by atoms with Crippen molar-refractivity contribution in [2.24, 2.45) is 5.92 Å². The Morgan fingerprint density at radius 2 is 2.00 bits per heavy atom. The predicted octanol–water partition coefficient (Wildman–Crippen LogP) is 5.13. The van der Waals surface area contributed by atoms with Gasteiger partial charge in [0.25, 0.3) is 0 Å². The SMILES string of the molecule is COc1cc(OC2CC(C(=O)O)C2)c(-c2cc(=O)c3cccc(Cl)c3o2)cc1Br. The van der Waals surface area contributed by atoms with Crippen LogP contribution in [0.25, 0.3) is 22.3 Å². The van der Waals surface area contributed by atoms with Crippen LogP contribution in [0.2, 0.25) is 5.02 Å². The number of halogens is 2. The molecule has 3 aromatic rings. The Kier molecular flexibility index (Phi) is 5.27. The van der Waals surface area contributed by atoms with E-state index in [-0.39, 0.29) is 11.5 Å². The summed E-state index contributed by atoms with van der Waals surface area (Å²) in [5.74, 6) is 0.0439. The molecule has 1 fully saturated rings. The Morgan fingerprint density at radius 1 is 1.24 bits per heavy atom. The number of aliphatic carboxylic acids is 1. The highest BCUT2D eigenvalue weighted by atomic mass is 79.9. The van der Waals surface area contributed by atoms with Crippen molar-refractivity contribution >= 4 is 44.5 Å². The van der Waals surface area contributed by atoms with Crippen LogP contribution in [0.4, 0.5) is 0 Å². The molecule has 1 aliphatic rings. The van der Waals surface area contributed by atoms with Gasteiger partial charge in [0, 0.05) is 12.1 Å². The number of fused-ring (bicyclic) bond motifs is 1. The van der Waals surface area contributed by atoms with Gasteiger partial charge in [0.1, 0.15) is 23.4 Å². The third-order valence-electron chi connectivity index (χ3n) is 4.96. The monoisotopic (exact) mass is 478 g/mol. The number of carboxylic acid groups (broad SMARTS) is 1. The molecule has 4 rings (SSSR count). The zero-order valence-electron chi connectivity index (χ0n) is 15.3. The lowest BCUT2D eigenvalue weighted by molar-refractivity contribution is -0.147. The van der Waals surface area contributed by atoms with Crippen LogP contribution in [-0.4, -0.2) is 24.3 Å². The van der Waals surface area contributed by atoms with Crippen molar-refractivity contribution in [3.8, 4) is 22.8 Å². The number of benzene rings is 2. The van der Waals surface area contributed by atoms with Crippen LogP contribution in [-0.2, 0) is 4.79 Å². The van der Waals surface area contributed by atoms with Crippen molar-refractivity contribution < 1.29 is 23.8 Å².